The first-order valence-electron chi connectivity index (χ1n) is 12.3. The van der Waals surface area contributed by atoms with Crippen LogP contribution >= 0.6 is 0 Å². The number of rotatable bonds is 8. The number of ether oxygens (including phenoxy) is 8. The minimum Gasteiger partial charge on any atom is -0.493 e. The number of Topliss-reactive ketones (excluding diaryl/α,β-unsaturated/α-hetero) is 1. The van der Waals surface area contributed by atoms with Crippen LogP contribution in [-0.2, 0) is 4.79 Å². The van der Waals surface area contributed by atoms with E-state index in [0.29, 0.717) is 68.2 Å². The Balaban J connectivity index is 1.63. The molecule has 0 amide bonds. The largest absolute Gasteiger partial charge is 0.493 e. The van der Waals surface area contributed by atoms with Gasteiger partial charge in [0.15, 0.2) is 28.8 Å². The number of benzene rings is 3. The number of methoxy groups -OCH3 is 6. The lowest BCUT2D eigenvalue weighted by molar-refractivity contribution is -0.135. The lowest BCUT2D eigenvalue weighted by Gasteiger charge is -2.27. The van der Waals surface area contributed by atoms with Crippen molar-refractivity contribution in [2.75, 3.05) is 42.7 Å². The minimum absolute atomic E-state index is 0.0161. The highest BCUT2D eigenvalue weighted by atomic mass is 16.5. The van der Waals surface area contributed by atoms with Crippen molar-refractivity contribution < 1.29 is 47.5 Å². The molecule has 0 unspecified atom stereocenters. The van der Waals surface area contributed by atoms with Gasteiger partial charge in [-0.05, 0) is 48.0 Å². The van der Waals surface area contributed by atoms with Crippen molar-refractivity contribution >= 4 is 17.8 Å². The van der Waals surface area contributed by atoms with Gasteiger partial charge in [0.2, 0.25) is 17.3 Å². The summed E-state index contributed by atoms with van der Waals surface area (Å²) in [6.45, 7) is 0. The fourth-order valence-corrected chi connectivity index (χ4v) is 5.07. The molecule has 0 saturated carbocycles. The summed E-state index contributed by atoms with van der Waals surface area (Å²) in [4.78, 5) is 26.1. The number of hydrogen-bond donors (Lipinski definition) is 0. The molecule has 0 aromatic heterocycles. The van der Waals surface area contributed by atoms with Gasteiger partial charge in [-0.1, -0.05) is 0 Å². The lowest BCUT2D eigenvalue weighted by Crippen LogP contribution is -2.21. The molecule has 0 bridgehead atoms. The van der Waals surface area contributed by atoms with Crippen molar-refractivity contribution in [2.45, 2.75) is 12.3 Å². The summed E-state index contributed by atoms with van der Waals surface area (Å²) in [5.41, 5.74) is 2.18. The number of ketones is 1. The maximum absolute atomic E-state index is 13.5. The zero-order valence-corrected chi connectivity index (χ0v) is 22.9. The summed E-state index contributed by atoms with van der Waals surface area (Å²) in [6, 6.07) is 10.2. The third-order valence-corrected chi connectivity index (χ3v) is 6.89. The highest BCUT2D eigenvalue weighted by Gasteiger charge is 2.39. The van der Waals surface area contributed by atoms with Crippen LogP contribution in [0, 0.1) is 0 Å². The molecule has 2 heterocycles. The Morgan fingerprint density at radius 3 is 1.98 bits per heavy atom. The topological polar surface area (TPSA) is 108 Å². The van der Waals surface area contributed by atoms with Crippen LogP contribution in [-0.4, -0.2) is 54.4 Å². The molecule has 1 atom stereocenters. The highest BCUT2D eigenvalue weighted by molar-refractivity contribution is 6.15. The third kappa shape index (κ3) is 4.31. The van der Waals surface area contributed by atoms with Gasteiger partial charge in [0.1, 0.15) is 11.5 Å². The van der Waals surface area contributed by atoms with Gasteiger partial charge in [-0.3, -0.25) is 9.59 Å². The van der Waals surface area contributed by atoms with Gasteiger partial charge in [-0.15, -0.1) is 0 Å². The number of carbonyl (C=O) groups is 2. The molecule has 0 N–H and O–H groups in total. The van der Waals surface area contributed by atoms with Gasteiger partial charge in [0.25, 0.3) is 0 Å². The molecule has 40 heavy (non-hydrogen) atoms. The van der Waals surface area contributed by atoms with Crippen molar-refractivity contribution in [3.63, 3.8) is 0 Å². The van der Waals surface area contributed by atoms with Crippen LogP contribution in [0.5, 0.6) is 46.0 Å². The van der Waals surface area contributed by atoms with Crippen molar-refractivity contribution in [3.8, 4) is 46.0 Å². The summed E-state index contributed by atoms with van der Waals surface area (Å²) >= 11 is 0. The number of fused-ring (bicyclic) bond motifs is 3. The van der Waals surface area contributed by atoms with Crippen molar-refractivity contribution in [1.29, 1.82) is 0 Å². The Morgan fingerprint density at radius 2 is 1.38 bits per heavy atom. The number of hydrogen-bond acceptors (Lipinski definition) is 10. The first-order chi connectivity index (χ1) is 19.4. The second-order valence-electron chi connectivity index (χ2n) is 8.91. The molecule has 2 aliphatic rings. The molecule has 208 valence electrons. The van der Waals surface area contributed by atoms with Crippen LogP contribution in [0.1, 0.15) is 39.4 Å². The highest BCUT2D eigenvalue weighted by Crippen LogP contribution is 2.51. The Bertz CT molecular complexity index is 1510. The van der Waals surface area contributed by atoms with E-state index in [0.717, 1.165) is 0 Å². The van der Waals surface area contributed by atoms with Crippen molar-refractivity contribution in [1.82, 2.24) is 0 Å². The molecule has 10 heteroatoms. The Morgan fingerprint density at radius 1 is 0.725 bits per heavy atom. The van der Waals surface area contributed by atoms with Crippen LogP contribution in [0.3, 0.4) is 0 Å². The van der Waals surface area contributed by atoms with Gasteiger partial charge in [0.05, 0.1) is 54.6 Å². The Labute approximate surface area is 230 Å². The van der Waals surface area contributed by atoms with E-state index in [1.807, 2.05) is 0 Å². The summed E-state index contributed by atoms with van der Waals surface area (Å²) in [6.07, 6.45) is 1.60. The second-order valence-corrected chi connectivity index (χ2v) is 8.91. The fraction of sp³-hybridized carbons (Fsp3) is 0.267. The Kier molecular flexibility index (Phi) is 7.17. The van der Waals surface area contributed by atoms with E-state index in [4.69, 9.17) is 37.9 Å². The molecular weight excluding hydrogens is 520 g/mol. The van der Waals surface area contributed by atoms with Crippen molar-refractivity contribution in [2.24, 2.45) is 0 Å². The second kappa shape index (κ2) is 10.7. The number of carbonyl (C=O) groups excluding carboxylic acids is 2. The first-order valence-corrected chi connectivity index (χ1v) is 12.3. The first kappa shape index (κ1) is 26.7. The molecule has 0 aliphatic carbocycles. The molecule has 2 aliphatic heterocycles. The van der Waals surface area contributed by atoms with E-state index in [1.54, 1.807) is 42.5 Å². The third-order valence-electron chi connectivity index (χ3n) is 6.89. The van der Waals surface area contributed by atoms with Crippen LogP contribution in [0.25, 0.3) is 6.08 Å². The molecule has 5 rings (SSSR count). The van der Waals surface area contributed by atoms with Gasteiger partial charge < -0.3 is 37.9 Å². The van der Waals surface area contributed by atoms with Crippen LogP contribution < -0.4 is 37.9 Å². The summed E-state index contributed by atoms with van der Waals surface area (Å²) in [5.74, 6) is 1.99. The van der Waals surface area contributed by atoms with Crippen LogP contribution in [0.4, 0.5) is 0 Å². The quantitative estimate of drug-likeness (QED) is 0.221. The average molecular weight is 549 g/mol. The van der Waals surface area contributed by atoms with Gasteiger partial charge in [0, 0.05) is 17.0 Å². The van der Waals surface area contributed by atoms with E-state index < -0.39 is 11.9 Å². The monoisotopic (exact) mass is 548 g/mol. The van der Waals surface area contributed by atoms with E-state index in [9.17, 15) is 9.59 Å². The van der Waals surface area contributed by atoms with E-state index in [1.165, 1.54) is 42.7 Å². The summed E-state index contributed by atoms with van der Waals surface area (Å²) < 4.78 is 44.7. The lowest BCUT2D eigenvalue weighted by atomic mass is 9.84. The predicted octanol–water partition coefficient (Wildman–Crippen LogP) is 4.80. The Hall–Kier alpha value is -4.86. The van der Waals surface area contributed by atoms with Gasteiger partial charge in [-0.2, -0.15) is 0 Å². The average Bonchev–Trinajstić information content (AvgIpc) is 3.29. The van der Waals surface area contributed by atoms with Crippen LogP contribution in [0.15, 0.2) is 42.2 Å². The maximum atomic E-state index is 13.5. The normalized spacial score (nSPS) is 16.4. The number of esters is 1. The van der Waals surface area contributed by atoms with Gasteiger partial charge >= 0.3 is 5.97 Å². The maximum Gasteiger partial charge on any atom is 0.312 e. The molecule has 3 aromatic carbocycles. The molecule has 0 spiro atoms. The molecule has 0 radical (unpaired) electrons. The van der Waals surface area contributed by atoms with Crippen molar-refractivity contribution in [3.05, 3.63) is 64.4 Å². The summed E-state index contributed by atoms with van der Waals surface area (Å²) in [7, 11) is 9.07. The predicted molar refractivity (Wildman–Crippen MR) is 144 cm³/mol. The summed E-state index contributed by atoms with van der Waals surface area (Å²) in [5, 5.41) is 0. The van der Waals surface area contributed by atoms with E-state index in [2.05, 4.69) is 0 Å². The smallest absolute Gasteiger partial charge is 0.312 e. The fourth-order valence-electron chi connectivity index (χ4n) is 5.07. The number of allylic oxidation sites excluding steroid dienone is 1. The molecule has 0 fully saturated rings. The standard InChI is InChI=1S/C30H28O10/c1-33-20-9-7-15(27(36-4)30(20)38-6)11-21-26(32)17-8-10-19-25(28(17)40-21)18(14-24(31)39-19)16-12-22(34-2)29(37-5)23(13-16)35-3/h7-13,18H,14H2,1-6H3/b21-11-/t18-/m1/s1. The minimum atomic E-state index is -0.511. The van der Waals surface area contributed by atoms with Crippen LogP contribution in [0.2, 0.25) is 0 Å². The molecule has 10 nitrogen and oxygen atoms in total. The SMILES string of the molecule is COc1cc([C@H]2CC(=O)Oc3ccc4c(c32)O/C(=C\c2ccc(OC)c(OC)c2OC)C4=O)cc(OC)c1OC. The molecule has 0 saturated heterocycles. The zero-order chi connectivity index (χ0) is 28.6. The van der Waals surface area contributed by atoms with Gasteiger partial charge in [-0.25, -0.2) is 0 Å². The van der Waals surface area contributed by atoms with E-state index in [-0.39, 0.29) is 18.0 Å². The molecular formula is C30H28O10. The van der Waals surface area contributed by atoms with E-state index >= 15 is 0 Å². The molecule has 3 aromatic rings. The zero-order valence-electron chi connectivity index (χ0n) is 22.9.